The van der Waals surface area contributed by atoms with E-state index in [1.807, 2.05) is 30.3 Å². The van der Waals surface area contributed by atoms with Crippen LogP contribution in [0.3, 0.4) is 0 Å². The number of rotatable bonds is 6. The number of hydrogen-bond acceptors (Lipinski definition) is 7. The topological polar surface area (TPSA) is 67.9 Å². The highest BCUT2D eigenvalue weighted by molar-refractivity contribution is 7.19. The third-order valence-electron chi connectivity index (χ3n) is 5.11. The molecule has 0 saturated carbocycles. The minimum Gasteiger partial charge on any atom is -0.387 e. The molecule has 3 aromatic heterocycles. The van der Waals surface area contributed by atoms with Gasteiger partial charge in [0, 0.05) is 18.0 Å². The maximum absolute atomic E-state index is 5.41. The molecule has 7 nitrogen and oxygen atoms in total. The van der Waals surface area contributed by atoms with Crippen molar-refractivity contribution in [3.63, 3.8) is 0 Å². The minimum absolute atomic E-state index is 0.225. The Bertz CT molecular complexity index is 1170. The molecule has 0 atom stereocenters. The molecule has 0 amide bonds. The summed E-state index contributed by atoms with van der Waals surface area (Å²) in [6, 6.07) is 9.84. The van der Waals surface area contributed by atoms with Gasteiger partial charge in [0.05, 0.1) is 11.6 Å². The first-order chi connectivity index (χ1) is 14.3. The molecule has 0 saturated heterocycles. The fourth-order valence-electron chi connectivity index (χ4n) is 3.79. The van der Waals surface area contributed by atoms with Crippen LogP contribution in [0, 0.1) is 0 Å². The molecular formula is C21H22N6OS. The van der Waals surface area contributed by atoms with Gasteiger partial charge >= 0.3 is 0 Å². The van der Waals surface area contributed by atoms with Gasteiger partial charge in [-0.05, 0) is 30.5 Å². The van der Waals surface area contributed by atoms with Gasteiger partial charge < -0.3 is 4.84 Å². The highest BCUT2D eigenvalue weighted by Gasteiger charge is 2.23. The monoisotopic (exact) mass is 406 g/mol. The van der Waals surface area contributed by atoms with E-state index in [0.29, 0.717) is 5.82 Å². The van der Waals surface area contributed by atoms with Crippen LogP contribution in [0.15, 0.2) is 41.8 Å². The molecule has 0 fully saturated rings. The van der Waals surface area contributed by atoms with Crippen LogP contribution < -0.4 is 0 Å². The highest BCUT2D eigenvalue weighted by Crippen LogP contribution is 2.35. The Hall–Kier alpha value is -2.84. The van der Waals surface area contributed by atoms with Crippen molar-refractivity contribution in [1.29, 1.82) is 0 Å². The van der Waals surface area contributed by atoms with Crippen LogP contribution in [0.4, 0.5) is 0 Å². The van der Waals surface area contributed by atoms with E-state index in [9.17, 15) is 0 Å². The smallest absolute Gasteiger partial charge is 0.192 e. The lowest BCUT2D eigenvalue weighted by Crippen LogP contribution is -2.30. The Morgan fingerprint density at radius 1 is 1.28 bits per heavy atom. The lowest BCUT2D eigenvalue weighted by atomic mass is 10.1. The fourth-order valence-corrected chi connectivity index (χ4v) is 5.01. The lowest BCUT2D eigenvalue weighted by molar-refractivity contribution is 0.126. The summed E-state index contributed by atoms with van der Waals surface area (Å²) in [5.41, 5.74) is 3.24. The molecule has 148 valence electrons. The molecule has 1 aliphatic heterocycles. The van der Waals surface area contributed by atoms with E-state index in [-0.39, 0.29) is 6.61 Å². The summed E-state index contributed by atoms with van der Waals surface area (Å²) in [4.78, 5) is 19.7. The largest absolute Gasteiger partial charge is 0.387 e. The van der Waals surface area contributed by atoms with E-state index in [1.165, 1.54) is 16.9 Å². The molecule has 0 radical (unpaired) electrons. The summed E-state index contributed by atoms with van der Waals surface area (Å²) in [6.45, 7) is 5.70. The van der Waals surface area contributed by atoms with Crippen molar-refractivity contribution < 1.29 is 4.84 Å². The quantitative estimate of drug-likeness (QED) is 0.361. The number of thiophene rings is 1. The van der Waals surface area contributed by atoms with E-state index in [4.69, 9.17) is 9.82 Å². The molecule has 0 N–H and O–H groups in total. The van der Waals surface area contributed by atoms with Gasteiger partial charge in [-0.1, -0.05) is 42.4 Å². The van der Waals surface area contributed by atoms with Gasteiger partial charge in [0.1, 0.15) is 11.2 Å². The van der Waals surface area contributed by atoms with Crippen molar-refractivity contribution in [3.05, 3.63) is 58.5 Å². The van der Waals surface area contributed by atoms with Gasteiger partial charge in [-0.25, -0.2) is 14.5 Å². The molecule has 29 heavy (non-hydrogen) atoms. The van der Waals surface area contributed by atoms with Crippen molar-refractivity contribution in [3.8, 4) is 0 Å². The summed E-state index contributed by atoms with van der Waals surface area (Å²) in [7, 11) is 0. The summed E-state index contributed by atoms with van der Waals surface area (Å²) in [5, 5.41) is 9.69. The number of fused-ring (bicyclic) bond motifs is 5. The third-order valence-corrected chi connectivity index (χ3v) is 6.23. The van der Waals surface area contributed by atoms with Gasteiger partial charge in [0.25, 0.3) is 0 Å². The minimum atomic E-state index is 0.225. The number of hydrogen-bond donors (Lipinski definition) is 0. The van der Waals surface area contributed by atoms with Crippen LogP contribution in [0.5, 0.6) is 0 Å². The molecule has 4 heterocycles. The molecule has 0 bridgehead atoms. The second-order valence-electron chi connectivity index (χ2n) is 7.17. The van der Waals surface area contributed by atoms with Gasteiger partial charge in [-0.15, -0.1) is 16.4 Å². The molecule has 0 aliphatic carbocycles. The molecule has 0 unspecified atom stereocenters. The summed E-state index contributed by atoms with van der Waals surface area (Å²) < 4.78 is 1.76. The molecule has 1 aliphatic rings. The van der Waals surface area contributed by atoms with E-state index in [2.05, 4.69) is 27.1 Å². The van der Waals surface area contributed by atoms with Crippen LogP contribution in [0.25, 0.3) is 15.9 Å². The summed E-state index contributed by atoms with van der Waals surface area (Å²) in [5.74, 6) is 0.605. The first kappa shape index (κ1) is 18.2. The van der Waals surface area contributed by atoms with E-state index in [1.54, 1.807) is 28.4 Å². The van der Waals surface area contributed by atoms with Gasteiger partial charge in [-0.3, -0.25) is 4.90 Å². The van der Waals surface area contributed by atoms with Crippen molar-refractivity contribution in [1.82, 2.24) is 24.5 Å². The Balaban J connectivity index is 1.39. The molecule has 1 aromatic carbocycles. The molecule has 5 rings (SSSR count). The normalized spacial score (nSPS) is 14.8. The van der Waals surface area contributed by atoms with Crippen molar-refractivity contribution >= 4 is 33.4 Å². The number of benzene rings is 1. The maximum atomic E-state index is 5.41. The van der Waals surface area contributed by atoms with Crippen LogP contribution in [-0.2, 0) is 24.4 Å². The Morgan fingerprint density at radius 2 is 2.17 bits per heavy atom. The zero-order valence-corrected chi connectivity index (χ0v) is 17.1. The molecular weight excluding hydrogens is 384 g/mol. The number of aromatic nitrogens is 4. The van der Waals surface area contributed by atoms with Crippen molar-refractivity contribution in [2.75, 3.05) is 13.1 Å². The second-order valence-corrected chi connectivity index (χ2v) is 8.25. The Labute approximate surface area is 172 Å². The number of nitrogens with zero attached hydrogens (tertiary/aromatic N) is 6. The van der Waals surface area contributed by atoms with Crippen LogP contribution >= 0.6 is 11.3 Å². The zero-order chi connectivity index (χ0) is 19.6. The Kier molecular flexibility index (Phi) is 4.95. The Morgan fingerprint density at radius 3 is 3.03 bits per heavy atom. The molecule has 0 spiro atoms. The predicted molar refractivity (Wildman–Crippen MR) is 114 cm³/mol. The maximum Gasteiger partial charge on any atom is 0.192 e. The SMILES string of the molecule is CCCN1CCc2c(sc3ncn4nc(CO/N=C/c5ccccc5)nc4c23)C1. The molecule has 4 aromatic rings. The van der Waals surface area contributed by atoms with E-state index in [0.717, 1.165) is 47.5 Å². The lowest BCUT2D eigenvalue weighted by Gasteiger charge is -2.26. The van der Waals surface area contributed by atoms with Crippen LogP contribution in [-0.4, -0.2) is 43.8 Å². The van der Waals surface area contributed by atoms with E-state index >= 15 is 0 Å². The summed E-state index contributed by atoms with van der Waals surface area (Å²) >= 11 is 1.78. The van der Waals surface area contributed by atoms with Gasteiger partial charge in [0.15, 0.2) is 18.1 Å². The highest BCUT2D eigenvalue weighted by atomic mass is 32.1. The van der Waals surface area contributed by atoms with Crippen LogP contribution in [0.2, 0.25) is 0 Å². The first-order valence-corrected chi connectivity index (χ1v) is 10.7. The van der Waals surface area contributed by atoms with Gasteiger partial charge in [-0.2, -0.15) is 0 Å². The predicted octanol–water partition coefficient (Wildman–Crippen LogP) is 3.66. The first-order valence-electron chi connectivity index (χ1n) is 9.89. The number of oxime groups is 1. The standard InChI is InChI=1S/C21H22N6OS/c1-2-9-26-10-8-16-17(12-26)29-21-19(16)20-24-18(25-27(20)14-22-21)13-28-23-11-15-6-4-3-5-7-15/h3-7,11,14H,2,8-10,12-13H2,1H3/b23-11+. The average Bonchev–Trinajstić information content (AvgIpc) is 3.32. The zero-order valence-electron chi connectivity index (χ0n) is 16.3. The van der Waals surface area contributed by atoms with E-state index < -0.39 is 0 Å². The third kappa shape index (κ3) is 3.61. The van der Waals surface area contributed by atoms with Crippen molar-refractivity contribution in [2.24, 2.45) is 5.16 Å². The average molecular weight is 407 g/mol. The van der Waals surface area contributed by atoms with Crippen LogP contribution in [0.1, 0.15) is 35.2 Å². The fraction of sp³-hybridized carbons (Fsp3) is 0.333. The summed E-state index contributed by atoms with van der Waals surface area (Å²) in [6.07, 6.45) is 5.65. The second kappa shape index (κ2) is 7.88. The van der Waals surface area contributed by atoms with Crippen molar-refractivity contribution in [2.45, 2.75) is 32.9 Å². The molecule has 8 heteroatoms. The van der Waals surface area contributed by atoms with Gasteiger partial charge in [0.2, 0.25) is 0 Å².